The molecule has 0 aliphatic carbocycles. The van der Waals surface area contributed by atoms with Crippen molar-refractivity contribution in [3.8, 4) is 0 Å². The molecule has 3 rings (SSSR count). The molecule has 0 atom stereocenters. The van der Waals surface area contributed by atoms with Crippen LogP contribution in [0.15, 0.2) is 24.3 Å². The third-order valence-corrected chi connectivity index (χ3v) is 4.60. The summed E-state index contributed by atoms with van der Waals surface area (Å²) in [4.78, 5) is 39.2. The third kappa shape index (κ3) is 2.21. The van der Waals surface area contributed by atoms with Gasteiger partial charge in [0.25, 0.3) is 17.7 Å². The summed E-state index contributed by atoms with van der Waals surface area (Å²) in [7, 11) is 1.44. The van der Waals surface area contributed by atoms with Crippen molar-refractivity contribution in [2.24, 2.45) is 0 Å². The highest BCUT2D eigenvalue weighted by atomic mass is 32.1. The second-order valence-corrected chi connectivity index (χ2v) is 6.67. The van der Waals surface area contributed by atoms with Crippen LogP contribution in [0.5, 0.6) is 0 Å². The molecule has 0 fully saturated rings. The minimum atomic E-state index is -0.348. The van der Waals surface area contributed by atoms with Crippen LogP contribution < -0.4 is 5.32 Å². The first-order valence-corrected chi connectivity index (χ1v) is 7.55. The van der Waals surface area contributed by atoms with Gasteiger partial charge >= 0.3 is 0 Å². The quantitative estimate of drug-likeness (QED) is 0.867. The number of imide groups is 1. The van der Waals surface area contributed by atoms with Gasteiger partial charge in [0.05, 0.1) is 16.7 Å². The van der Waals surface area contributed by atoms with Gasteiger partial charge in [-0.25, -0.2) is 0 Å². The molecular formula is C16H14N2O3S. The highest BCUT2D eigenvalue weighted by molar-refractivity contribution is 7.12. The number of thiophene rings is 1. The lowest BCUT2D eigenvalue weighted by molar-refractivity contribution is 0.0692. The van der Waals surface area contributed by atoms with E-state index >= 15 is 0 Å². The van der Waals surface area contributed by atoms with Gasteiger partial charge in [-0.1, -0.05) is 0 Å². The Bertz CT molecular complexity index is 823. The van der Waals surface area contributed by atoms with Crippen molar-refractivity contribution in [2.75, 3.05) is 12.4 Å². The smallest absolute Gasteiger partial charge is 0.261 e. The molecule has 0 saturated heterocycles. The van der Waals surface area contributed by atoms with Gasteiger partial charge in [0.1, 0.15) is 0 Å². The molecule has 1 N–H and O–H groups in total. The van der Waals surface area contributed by atoms with Crippen LogP contribution in [-0.4, -0.2) is 29.7 Å². The number of carbonyl (C=O) groups is 3. The lowest BCUT2D eigenvalue weighted by Gasteiger charge is -2.06. The first kappa shape index (κ1) is 14.5. The van der Waals surface area contributed by atoms with E-state index in [1.807, 2.05) is 19.9 Å². The van der Waals surface area contributed by atoms with Crippen molar-refractivity contribution in [3.63, 3.8) is 0 Å². The van der Waals surface area contributed by atoms with Crippen molar-refractivity contribution in [2.45, 2.75) is 13.8 Å². The van der Waals surface area contributed by atoms with Crippen LogP contribution in [0, 0.1) is 13.8 Å². The molecule has 1 aliphatic heterocycles. The van der Waals surface area contributed by atoms with E-state index in [0.717, 1.165) is 14.7 Å². The van der Waals surface area contributed by atoms with Gasteiger partial charge in [-0.15, -0.1) is 11.3 Å². The van der Waals surface area contributed by atoms with E-state index < -0.39 is 0 Å². The molecule has 6 heteroatoms. The minimum absolute atomic E-state index is 0.216. The zero-order chi connectivity index (χ0) is 16.0. The average Bonchev–Trinajstić information content (AvgIpc) is 2.92. The number of hydrogen-bond acceptors (Lipinski definition) is 4. The summed E-state index contributed by atoms with van der Waals surface area (Å²) < 4.78 is 0. The van der Waals surface area contributed by atoms with Gasteiger partial charge in [-0.3, -0.25) is 19.3 Å². The molecule has 0 bridgehead atoms. The standard InChI is InChI=1S/C16H14N2O3S/c1-8-6-12(9(2)22-8)14(19)17-10-4-5-11-13(7-10)16(21)18(3)15(11)20/h4-7H,1-3H3,(H,17,19). The zero-order valence-electron chi connectivity index (χ0n) is 12.4. The van der Waals surface area contributed by atoms with Crippen molar-refractivity contribution >= 4 is 34.7 Å². The number of nitrogens with one attached hydrogen (secondary N) is 1. The fourth-order valence-corrected chi connectivity index (χ4v) is 3.42. The van der Waals surface area contributed by atoms with E-state index in [2.05, 4.69) is 5.32 Å². The fourth-order valence-electron chi connectivity index (χ4n) is 2.49. The second-order valence-electron chi connectivity index (χ2n) is 5.21. The Morgan fingerprint density at radius 3 is 2.41 bits per heavy atom. The lowest BCUT2D eigenvalue weighted by atomic mass is 10.1. The summed E-state index contributed by atoms with van der Waals surface area (Å²) in [5.74, 6) is -0.882. The van der Waals surface area contributed by atoms with E-state index in [-0.39, 0.29) is 17.7 Å². The van der Waals surface area contributed by atoms with E-state index in [1.165, 1.54) is 7.05 Å². The Morgan fingerprint density at radius 1 is 1.09 bits per heavy atom. The number of aryl methyl sites for hydroxylation is 2. The summed E-state index contributed by atoms with van der Waals surface area (Å²) >= 11 is 1.56. The molecule has 1 aliphatic rings. The Kier molecular flexibility index (Phi) is 3.33. The van der Waals surface area contributed by atoms with Crippen LogP contribution in [0.1, 0.15) is 40.8 Å². The van der Waals surface area contributed by atoms with Crippen LogP contribution >= 0.6 is 11.3 Å². The van der Waals surface area contributed by atoms with Crippen molar-refractivity contribution in [3.05, 3.63) is 50.7 Å². The van der Waals surface area contributed by atoms with Crippen molar-refractivity contribution in [1.82, 2.24) is 4.90 Å². The number of benzene rings is 1. The van der Waals surface area contributed by atoms with Gasteiger partial charge in [-0.05, 0) is 38.1 Å². The first-order chi connectivity index (χ1) is 10.4. The van der Waals surface area contributed by atoms with Crippen LogP contribution in [-0.2, 0) is 0 Å². The maximum atomic E-state index is 12.3. The molecular weight excluding hydrogens is 300 g/mol. The number of anilines is 1. The molecule has 1 aromatic heterocycles. The lowest BCUT2D eigenvalue weighted by Crippen LogP contribution is -2.24. The predicted octanol–water partition coefficient (Wildman–Crippen LogP) is 2.84. The maximum absolute atomic E-state index is 12.3. The van der Waals surface area contributed by atoms with Crippen LogP contribution in [0.25, 0.3) is 0 Å². The summed E-state index contributed by atoms with van der Waals surface area (Å²) in [5.41, 5.74) is 1.82. The largest absolute Gasteiger partial charge is 0.322 e. The summed E-state index contributed by atoms with van der Waals surface area (Å²) in [5, 5.41) is 2.78. The molecule has 0 saturated carbocycles. The van der Waals surface area contributed by atoms with Crippen LogP contribution in [0.3, 0.4) is 0 Å². The summed E-state index contributed by atoms with van der Waals surface area (Å²) in [6.07, 6.45) is 0. The van der Waals surface area contributed by atoms with Gasteiger partial charge in [0.15, 0.2) is 0 Å². The molecule has 1 aromatic carbocycles. The Balaban J connectivity index is 1.89. The van der Waals surface area contributed by atoms with Crippen molar-refractivity contribution < 1.29 is 14.4 Å². The predicted molar refractivity (Wildman–Crippen MR) is 84.6 cm³/mol. The molecule has 2 aromatic rings. The Morgan fingerprint density at radius 2 is 1.77 bits per heavy atom. The molecule has 0 spiro atoms. The number of fused-ring (bicyclic) bond motifs is 1. The van der Waals surface area contributed by atoms with Crippen LogP contribution in [0.2, 0.25) is 0 Å². The Labute approximate surface area is 131 Å². The molecule has 3 amide bonds. The van der Waals surface area contributed by atoms with Crippen LogP contribution in [0.4, 0.5) is 5.69 Å². The second kappa shape index (κ2) is 5.06. The minimum Gasteiger partial charge on any atom is -0.322 e. The number of rotatable bonds is 2. The average molecular weight is 314 g/mol. The SMILES string of the molecule is Cc1cc(C(=O)Nc2ccc3c(c2)C(=O)N(C)C3=O)c(C)s1. The fraction of sp³-hybridized carbons (Fsp3) is 0.188. The number of hydrogen-bond donors (Lipinski definition) is 1. The molecule has 5 nitrogen and oxygen atoms in total. The van der Waals surface area contributed by atoms with E-state index in [4.69, 9.17) is 0 Å². The molecule has 112 valence electrons. The monoisotopic (exact) mass is 314 g/mol. The topological polar surface area (TPSA) is 66.5 Å². The molecule has 2 heterocycles. The van der Waals surface area contributed by atoms with Gasteiger partial charge < -0.3 is 5.32 Å². The van der Waals surface area contributed by atoms with E-state index in [0.29, 0.717) is 22.4 Å². The zero-order valence-corrected chi connectivity index (χ0v) is 13.2. The van der Waals surface area contributed by atoms with Gasteiger partial charge in [0.2, 0.25) is 0 Å². The molecule has 0 radical (unpaired) electrons. The third-order valence-electron chi connectivity index (χ3n) is 3.63. The first-order valence-electron chi connectivity index (χ1n) is 6.73. The summed E-state index contributed by atoms with van der Waals surface area (Å²) in [6, 6.07) is 6.59. The highest BCUT2D eigenvalue weighted by Crippen LogP contribution is 2.26. The number of nitrogens with zero attached hydrogens (tertiary/aromatic N) is 1. The van der Waals surface area contributed by atoms with Gasteiger partial charge in [0, 0.05) is 22.5 Å². The summed E-state index contributed by atoms with van der Waals surface area (Å²) in [6.45, 7) is 3.84. The molecule has 0 unspecified atom stereocenters. The van der Waals surface area contributed by atoms with E-state index in [1.54, 1.807) is 29.5 Å². The van der Waals surface area contributed by atoms with E-state index in [9.17, 15) is 14.4 Å². The number of amides is 3. The van der Waals surface area contributed by atoms with Gasteiger partial charge in [-0.2, -0.15) is 0 Å². The molecule has 22 heavy (non-hydrogen) atoms. The Hall–Kier alpha value is -2.47. The van der Waals surface area contributed by atoms with Crippen molar-refractivity contribution in [1.29, 1.82) is 0 Å². The normalized spacial score (nSPS) is 13.5. The maximum Gasteiger partial charge on any atom is 0.261 e. The number of carbonyl (C=O) groups excluding carboxylic acids is 3. The highest BCUT2D eigenvalue weighted by Gasteiger charge is 2.32.